The molecule has 0 aromatic carbocycles. The number of alkyl halides is 3. The average molecular weight is 896 g/mol. The molecule has 4 heterocycles. The highest BCUT2D eigenvalue weighted by atomic mass is 19.4. The van der Waals surface area contributed by atoms with Gasteiger partial charge in [-0.15, -0.1) is 0 Å². The highest BCUT2D eigenvalue weighted by Crippen LogP contribution is 2.31. The maximum Gasteiger partial charge on any atom is 0.490 e. The van der Waals surface area contributed by atoms with Gasteiger partial charge >= 0.3 is 42.2 Å². The minimum absolute atomic E-state index is 0.0693. The fourth-order valence-corrected chi connectivity index (χ4v) is 7.27. The van der Waals surface area contributed by atoms with Gasteiger partial charge in [-0.1, -0.05) is 0 Å². The lowest BCUT2D eigenvalue weighted by atomic mass is 10.1. The van der Waals surface area contributed by atoms with Crippen molar-refractivity contribution in [3.63, 3.8) is 0 Å². The van der Waals surface area contributed by atoms with Crippen LogP contribution in [0.4, 0.5) is 27.6 Å². The van der Waals surface area contributed by atoms with E-state index in [0.717, 1.165) is 11.3 Å². The Hall–Kier alpha value is -5.62. The summed E-state index contributed by atoms with van der Waals surface area (Å²) in [6.45, 7) is 7.59. The molecule has 4 rings (SSSR count). The molecule has 22 nitrogen and oxygen atoms in total. The Balaban J connectivity index is 0.000000398. The van der Waals surface area contributed by atoms with E-state index in [1.54, 1.807) is 37.6 Å². The molecule has 0 saturated carbocycles. The summed E-state index contributed by atoms with van der Waals surface area (Å²) in [4.78, 5) is 116. The maximum absolute atomic E-state index is 13.6. The largest absolute Gasteiger partial charge is 0.490 e. The second kappa shape index (κ2) is 22.5. The fourth-order valence-electron chi connectivity index (χ4n) is 7.27. The first-order valence-corrected chi connectivity index (χ1v) is 19.8. The molecule has 0 aliphatic carbocycles. The SMILES string of the molecule is CNC(=O)N1CC[C@H]2CC[C@@H](C(=O)OC)N2C(=O)[C@@H](N)C1.CNC(=O)N1CC[C@H]2CC[C@@H](C(=O)OC)N2C(=O)[C@@H](NC(=O)[C@H](C)N(C)C(=O)OC(C)(C)C)C1.O=C(O)C(F)(F)F. The molecule has 6 N–H and O–H groups in total. The number of methoxy groups -OCH3 is 2. The van der Waals surface area contributed by atoms with E-state index in [-0.39, 0.29) is 43.1 Å². The third kappa shape index (κ3) is 14.0. The third-order valence-corrected chi connectivity index (χ3v) is 10.6. The number of carbonyl (C=O) groups excluding carboxylic acids is 8. The molecule has 8 amide bonds. The van der Waals surface area contributed by atoms with Crippen molar-refractivity contribution < 1.29 is 75.6 Å². The first-order chi connectivity index (χ1) is 28.7. The summed E-state index contributed by atoms with van der Waals surface area (Å²) in [6, 6.07) is -5.11. The van der Waals surface area contributed by atoms with E-state index in [1.165, 1.54) is 45.0 Å². The van der Waals surface area contributed by atoms with E-state index >= 15 is 0 Å². The Morgan fingerprint density at radius 3 is 1.58 bits per heavy atom. The summed E-state index contributed by atoms with van der Waals surface area (Å²) in [6.07, 6.45) is -2.29. The monoisotopic (exact) mass is 895 g/mol. The molecule has 352 valence electrons. The highest BCUT2D eigenvalue weighted by molar-refractivity contribution is 5.94. The van der Waals surface area contributed by atoms with Crippen molar-refractivity contribution in [1.29, 1.82) is 0 Å². The quantitative estimate of drug-likeness (QED) is 0.177. The predicted molar refractivity (Wildman–Crippen MR) is 210 cm³/mol. The van der Waals surface area contributed by atoms with Crippen LogP contribution in [-0.4, -0.2) is 199 Å². The van der Waals surface area contributed by atoms with Crippen LogP contribution < -0.4 is 21.7 Å². The molecule has 0 radical (unpaired) electrons. The van der Waals surface area contributed by atoms with Crippen molar-refractivity contribution in [2.24, 2.45) is 5.73 Å². The van der Waals surface area contributed by atoms with Crippen LogP contribution in [0.2, 0.25) is 0 Å². The topological polar surface area (TPSA) is 280 Å². The van der Waals surface area contributed by atoms with Crippen LogP contribution in [0, 0.1) is 0 Å². The van der Waals surface area contributed by atoms with E-state index in [0.29, 0.717) is 45.2 Å². The van der Waals surface area contributed by atoms with Crippen LogP contribution in [0.5, 0.6) is 0 Å². The molecule has 0 aromatic rings. The second-order valence-corrected chi connectivity index (χ2v) is 15.8. The number of carboxylic acids is 1. The number of rotatable bonds is 5. The molecule has 0 spiro atoms. The molecule has 0 unspecified atom stereocenters. The molecule has 25 heteroatoms. The standard InChI is InChI=1S/C22H37N5O7.C13H22N4O4.C2HF3O2/c1-13(25(6)21(32)34-22(2,3)4)17(28)24-15-12-26(20(31)23-5)11-10-14-8-9-16(19(30)33-7)27(14)18(15)29;1-15-13(20)16-6-5-8-3-4-10(12(19)21-2)17(8)11(18)9(14)7-16;3-2(4,5)1(6)7/h13-16H,8-12H2,1-7H3,(H,23,31)(H,24,28);8-10H,3-7,14H2,1-2H3,(H,15,20);(H,6,7)/t13-,14+,15-,16-;8-,9+,10+;/m01./s1. The van der Waals surface area contributed by atoms with Gasteiger partial charge < -0.3 is 60.6 Å². The van der Waals surface area contributed by atoms with Gasteiger partial charge in [0.15, 0.2) is 0 Å². The van der Waals surface area contributed by atoms with Crippen molar-refractivity contribution in [1.82, 2.24) is 40.4 Å². The van der Waals surface area contributed by atoms with Crippen LogP contribution in [0.1, 0.15) is 66.2 Å². The molecule has 7 atom stereocenters. The van der Waals surface area contributed by atoms with Crippen LogP contribution in [0.25, 0.3) is 0 Å². The second-order valence-electron chi connectivity index (χ2n) is 15.8. The van der Waals surface area contributed by atoms with Gasteiger partial charge in [-0.2, -0.15) is 13.2 Å². The lowest BCUT2D eigenvalue weighted by Gasteiger charge is -2.38. The van der Waals surface area contributed by atoms with Gasteiger partial charge in [-0.25, -0.2) is 28.8 Å². The number of nitrogens with two attached hydrogens (primary N) is 1. The number of urea groups is 2. The molecule has 4 fully saturated rings. The molecule has 4 aliphatic heterocycles. The minimum atomic E-state index is -5.08. The van der Waals surface area contributed by atoms with E-state index in [9.17, 15) is 51.5 Å². The Kier molecular flexibility index (Phi) is 19.0. The molecular formula is C37H60F3N9O13. The van der Waals surface area contributed by atoms with Gasteiger partial charge in [-0.05, 0) is 66.2 Å². The Morgan fingerprint density at radius 1 is 0.774 bits per heavy atom. The number of fused-ring (bicyclic) bond motifs is 2. The van der Waals surface area contributed by atoms with Crippen molar-refractivity contribution in [3.05, 3.63) is 0 Å². The van der Waals surface area contributed by atoms with E-state index in [1.807, 2.05) is 0 Å². The molecule has 4 aliphatic rings. The van der Waals surface area contributed by atoms with Crippen LogP contribution >= 0.6 is 0 Å². The molecule has 0 bridgehead atoms. The molecule has 4 saturated heterocycles. The molecule has 62 heavy (non-hydrogen) atoms. The number of likely N-dealkylation sites (N-methyl/N-ethyl adjacent to an activating group) is 1. The van der Waals surface area contributed by atoms with Gasteiger partial charge in [0.2, 0.25) is 17.7 Å². The van der Waals surface area contributed by atoms with Crippen molar-refractivity contribution in [2.75, 3.05) is 61.5 Å². The number of ether oxygens (including phenoxy) is 3. The van der Waals surface area contributed by atoms with E-state index < -0.39 is 77.8 Å². The van der Waals surface area contributed by atoms with Crippen molar-refractivity contribution >= 4 is 53.8 Å². The van der Waals surface area contributed by atoms with Gasteiger partial charge in [0, 0.05) is 52.9 Å². The Labute approximate surface area is 357 Å². The van der Waals surface area contributed by atoms with Crippen LogP contribution in [-0.2, 0) is 43.0 Å². The lowest BCUT2D eigenvalue weighted by molar-refractivity contribution is -0.192. The molecular weight excluding hydrogens is 835 g/mol. The highest BCUT2D eigenvalue weighted by Gasteiger charge is 2.47. The minimum Gasteiger partial charge on any atom is -0.475 e. The van der Waals surface area contributed by atoms with Gasteiger partial charge in [0.25, 0.3) is 0 Å². The van der Waals surface area contributed by atoms with Crippen molar-refractivity contribution in [2.45, 2.75) is 120 Å². The summed E-state index contributed by atoms with van der Waals surface area (Å²) in [5.74, 6) is -5.01. The number of hydrogen-bond acceptors (Lipinski definition) is 13. The number of hydrogen-bond donors (Lipinski definition) is 5. The van der Waals surface area contributed by atoms with Gasteiger partial charge in [-0.3, -0.25) is 19.3 Å². The predicted octanol–water partition coefficient (Wildman–Crippen LogP) is -0.171. The van der Waals surface area contributed by atoms with E-state index in [2.05, 4.69) is 16.0 Å². The zero-order valence-corrected chi connectivity index (χ0v) is 36.4. The van der Waals surface area contributed by atoms with Crippen LogP contribution in [0.15, 0.2) is 0 Å². The first kappa shape index (κ1) is 52.5. The van der Waals surface area contributed by atoms with E-state index in [4.69, 9.17) is 29.8 Å². The number of esters is 2. The number of nitrogens with zero attached hydrogens (tertiary/aromatic N) is 5. The Bertz CT molecular complexity index is 1660. The third-order valence-electron chi connectivity index (χ3n) is 10.6. The maximum atomic E-state index is 13.6. The zero-order chi connectivity index (χ0) is 47.4. The van der Waals surface area contributed by atoms with Crippen molar-refractivity contribution in [3.8, 4) is 0 Å². The number of carboxylic acid groups (broad SMARTS) is 1. The lowest BCUT2D eigenvalue weighted by Crippen LogP contribution is -2.62. The number of aliphatic carboxylic acids is 1. The first-order valence-electron chi connectivity index (χ1n) is 19.8. The fraction of sp³-hybridized carbons (Fsp3) is 0.757. The summed E-state index contributed by atoms with van der Waals surface area (Å²) in [5.41, 5.74) is 5.19. The Morgan fingerprint density at radius 2 is 1.19 bits per heavy atom. The summed E-state index contributed by atoms with van der Waals surface area (Å²) in [7, 11) is 7.05. The number of nitrogens with one attached hydrogen (secondary N) is 3. The number of halogens is 3. The van der Waals surface area contributed by atoms with Gasteiger partial charge in [0.1, 0.15) is 35.8 Å². The summed E-state index contributed by atoms with van der Waals surface area (Å²) >= 11 is 0. The smallest absolute Gasteiger partial charge is 0.475 e. The zero-order valence-electron chi connectivity index (χ0n) is 36.4. The number of amides is 8. The number of carbonyl (C=O) groups is 9. The average Bonchev–Trinajstić information content (AvgIpc) is 3.83. The normalized spacial score (nSPS) is 24.3. The van der Waals surface area contributed by atoms with Crippen LogP contribution in [0.3, 0.4) is 0 Å². The molecule has 0 aromatic heterocycles. The summed E-state index contributed by atoms with van der Waals surface area (Å²) < 4.78 is 46.7. The van der Waals surface area contributed by atoms with Gasteiger partial charge in [0.05, 0.1) is 20.8 Å². The summed E-state index contributed by atoms with van der Waals surface area (Å²) in [5, 5.41) is 14.9.